The first-order valence-corrected chi connectivity index (χ1v) is 14.0. The summed E-state index contributed by atoms with van der Waals surface area (Å²) < 4.78 is 30.5. The third-order valence-corrected chi connectivity index (χ3v) is 6.29. The molecule has 3 aromatic rings. The van der Waals surface area contributed by atoms with E-state index in [0.717, 1.165) is 6.26 Å². The van der Waals surface area contributed by atoms with Crippen molar-refractivity contribution in [1.29, 1.82) is 0 Å². The molecule has 1 amide bonds. The van der Waals surface area contributed by atoms with Gasteiger partial charge in [0.1, 0.15) is 25.0 Å². The Balaban J connectivity index is 0.00000507. The second-order valence-corrected chi connectivity index (χ2v) is 10.8. The maximum Gasteiger partial charge on any atom is 0.255 e. The summed E-state index contributed by atoms with van der Waals surface area (Å²) in [5.41, 5.74) is 2.01. The number of carbonyl (C=O) groups is 1. The molecule has 0 heterocycles. The number of aliphatic hydroxyl groups excluding tert-OH is 1. The Morgan fingerprint density at radius 3 is 2.21 bits per heavy atom. The van der Waals surface area contributed by atoms with Crippen molar-refractivity contribution >= 4 is 56.2 Å². The molecule has 0 spiro atoms. The van der Waals surface area contributed by atoms with Crippen LogP contribution >= 0.6 is 23.2 Å². The van der Waals surface area contributed by atoms with E-state index in [9.17, 15) is 18.3 Å². The van der Waals surface area contributed by atoms with Gasteiger partial charge < -0.3 is 38.2 Å². The molecular formula is C25H29Cl3N4O5S. The van der Waals surface area contributed by atoms with Crippen LogP contribution in [0.2, 0.25) is 10.0 Å². The highest BCUT2D eigenvalue weighted by Crippen LogP contribution is 2.29. The van der Waals surface area contributed by atoms with Crippen LogP contribution in [-0.2, 0) is 10.0 Å². The van der Waals surface area contributed by atoms with Gasteiger partial charge in [-0.25, -0.2) is 8.42 Å². The number of quaternary nitrogens is 1. The molecule has 1 atom stereocenters. The fraction of sp³-hybridized carbons (Fsp3) is 0.240. The summed E-state index contributed by atoms with van der Waals surface area (Å²) in [4.78, 5) is 12.4. The maximum absolute atomic E-state index is 12.4. The highest BCUT2D eigenvalue weighted by Gasteiger charge is 2.10. The van der Waals surface area contributed by atoms with Gasteiger partial charge in [0, 0.05) is 16.9 Å². The lowest BCUT2D eigenvalue weighted by Gasteiger charge is -2.13. The molecular weight excluding hydrogens is 575 g/mol. The van der Waals surface area contributed by atoms with Crippen molar-refractivity contribution in [1.82, 2.24) is 0 Å². The summed E-state index contributed by atoms with van der Waals surface area (Å²) in [7, 11) is -3.38. The average Bonchev–Trinajstić information content (AvgIpc) is 2.84. The maximum atomic E-state index is 12.4. The Labute approximate surface area is 238 Å². The fourth-order valence-electron chi connectivity index (χ4n) is 3.28. The molecule has 9 nitrogen and oxygen atoms in total. The van der Waals surface area contributed by atoms with Crippen LogP contribution in [-0.4, -0.2) is 58.0 Å². The smallest absolute Gasteiger partial charge is 0.255 e. The van der Waals surface area contributed by atoms with E-state index in [1.54, 1.807) is 42.5 Å². The Bertz CT molecular complexity index is 1270. The summed E-state index contributed by atoms with van der Waals surface area (Å²) in [5, 5.41) is 19.2. The first kappa shape index (κ1) is 31.5. The third-order valence-electron chi connectivity index (χ3n) is 5.06. The molecule has 0 aromatic heterocycles. The van der Waals surface area contributed by atoms with Crippen molar-refractivity contribution in [3.05, 3.63) is 82.3 Å². The Hall–Kier alpha value is -2.73. The van der Waals surface area contributed by atoms with Crippen LogP contribution < -0.4 is 37.8 Å². The zero-order chi connectivity index (χ0) is 26.8. The molecule has 0 aliphatic heterocycles. The van der Waals surface area contributed by atoms with E-state index in [0.29, 0.717) is 58.1 Å². The number of para-hydroxylation sites is 1. The Morgan fingerprint density at radius 2 is 1.61 bits per heavy atom. The van der Waals surface area contributed by atoms with Crippen LogP contribution in [0.5, 0.6) is 5.75 Å². The SMILES string of the molecule is CS(=O)(=O)Nc1ccc(C(=O)Nc2ccc(OCC(O)C[NH2+]CCNc3c(Cl)cccc3Cl)cc2)cc1.[Cl-]. The van der Waals surface area contributed by atoms with Crippen molar-refractivity contribution in [2.45, 2.75) is 6.10 Å². The van der Waals surface area contributed by atoms with Crippen LogP contribution in [0.3, 0.4) is 0 Å². The summed E-state index contributed by atoms with van der Waals surface area (Å²) in [6.45, 7) is 1.93. The van der Waals surface area contributed by atoms with Crippen molar-refractivity contribution in [2.75, 3.05) is 47.9 Å². The minimum Gasteiger partial charge on any atom is -1.00 e. The molecule has 0 aliphatic rings. The molecule has 0 aliphatic carbocycles. The number of halogens is 3. The highest BCUT2D eigenvalue weighted by molar-refractivity contribution is 7.92. The fourth-order valence-corrected chi connectivity index (χ4v) is 4.37. The van der Waals surface area contributed by atoms with Gasteiger partial charge in [0.05, 0.1) is 35.1 Å². The summed E-state index contributed by atoms with van der Waals surface area (Å²) >= 11 is 12.2. The number of aliphatic hydroxyl groups is 1. The van der Waals surface area contributed by atoms with E-state index in [-0.39, 0.29) is 24.9 Å². The number of anilines is 3. The Morgan fingerprint density at radius 1 is 1.00 bits per heavy atom. The molecule has 38 heavy (non-hydrogen) atoms. The summed E-state index contributed by atoms with van der Waals surface area (Å²) in [6.07, 6.45) is 0.392. The molecule has 13 heteroatoms. The molecule has 3 aromatic carbocycles. The molecule has 0 saturated carbocycles. The van der Waals surface area contributed by atoms with E-state index >= 15 is 0 Å². The molecule has 206 valence electrons. The summed E-state index contributed by atoms with van der Waals surface area (Å²) in [6, 6.07) is 18.2. The highest BCUT2D eigenvalue weighted by atomic mass is 35.5. The quantitative estimate of drug-likeness (QED) is 0.175. The van der Waals surface area contributed by atoms with Gasteiger partial charge in [-0.1, -0.05) is 29.3 Å². The topological polar surface area (TPSA) is 133 Å². The lowest BCUT2D eigenvalue weighted by molar-refractivity contribution is -0.658. The number of hydrogen-bond donors (Lipinski definition) is 5. The normalized spacial score (nSPS) is 11.7. The molecule has 3 rings (SSSR count). The standard InChI is InChI=1S/C25H28Cl2N4O5S.ClH/c1-37(34,35)31-19-7-5-17(6-8-19)25(33)30-18-9-11-21(12-10-18)36-16-20(32)15-28-13-14-29-24-22(26)3-2-4-23(24)27;/h2-12,20,28-29,31-32H,13-16H2,1H3,(H,30,33);1H. The van der Waals surface area contributed by atoms with E-state index < -0.39 is 16.1 Å². The summed E-state index contributed by atoms with van der Waals surface area (Å²) in [5.74, 6) is 0.222. The monoisotopic (exact) mass is 602 g/mol. The number of hydrogen-bond acceptors (Lipinski definition) is 6. The third kappa shape index (κ3) is 10.6. The minimum atomic E-state index is -3.38. The van der Waals surface area contributed by atoms with Gasteiger partial charge in [-0.2, -0.15) is 0 Å². The zero-order valence-corrected chi connectivity index (χ0v) is 23.5. The van der Waals surface area contributed by atoms with Gasteiger partial charge in [0.15, 0.2) is 0 Å². The van der Waals surface area contributed by atoms with Gasteiger partial charge in [-0.15, -0.1) is 0 Å². The van der Waals surface area contributed by atoms with Gasteiger partial charge in [-0.3, -0.25) is 9.52 Å². The zero-order valence-electron chi connectivity index (χ0n) is 20.5. The van der Waals surface area contributed by atoms with Crippen molar-refractivity contribution in [2.24, 2.45) is 0 Å². The Kier molecular flexibility index (Phi) is 12.4. The van der Waals surface area contributed by atoms with Gasteiger partial charge in [0.2, 0.25) is 10.0 Å². The van der Waals surface area contributed by atoms with Crippen LogP contribution in [0.15, 0.2) is 66.7 Å². The van der Waals surface area contributed by atoms with Gasteiger partial charge in [0.25, 0.3) is 5.91 Å². The molecule has 1 unspecified atom stereocenters. The van der Waals surface area contributed by atoms with Crippen molar-refractivity contribution in [3.8, 4) is 5.75 Å². The predicted octanol–water partition coefficient (Wildman–Crippen LogP) is 0.0364. The number of amides is 1. The lowest BCUT2D eigenvalue weighted by atomic mass is 10.2. The molecule has 0 saturated heterocycles. The van der Waals surface area contributed by atoms with Crippen LogP contribution in [0.25, 0.3) is 0 Å². The number of nitrogens with one attached hydrogen (secondary N) is 3. The first-order valence-electron chi connectivity index (χ1n) is 11.4. The molecule has 6 N–H and O–H groups in total. The van der Waals surface area contributed by atoms with E-state index in [2.05, 4.69) is 15.4 Å². The van der Waals surface area contributed by atoms with Crippen LogP contribution in [0.1, 0.15) is 10.4 Å². The number of ether oxygens (including phenoxy) is 1. The second kappa shape index (κ2) is 15.0. The van der Waals surface area contributed by atoms with Gasteiger partial charge in [-0.05, 0) is 60.7 Å². The van der Waals surface area contributed by atoms with Gasteiger partial charge >= 0.3 is 0 Å². The largest absolute Gasteiger partial charge is 1.00 e. The van der Waals surface area contributed by atoms with Crippen LogP contribution in [0, 0.1) is 0 Å². The van der Waals surface area contributed by atoms with E-state index in [1.807, 2.05) is 5.32 Å². The minimum absolute atomic E-state index is 0. The number of rotatable bonds is 13. The van der Waals surface area contributed by atoms with Crippen LogP contribution in [0.4, 0.5) is 17.1 Å². The number of sulfonamides is 1. The number of nitrogens with two attached hydrogens (primary N) is 1. The van der Waals surface area contributed by atoms with Crippen molar-refractivity contribution < 1.29 is 40.8 Å². The lowest BCUT2D eigenvalue weighted by Crippen LogP contribution is -3.00. The van der Waals surface area contributed by atoms with E-state index in [1.165, 1.54) is 24.3 Å². The number of carbonyl (C=O) groups excluding carboxylic acids is 1. The average molecular weight is 604 g/mol. The van der Waals surface area contributed by atoms with Crippen molar-refractivity contribution in [3.63, 3.8) is 0 Å². The second-order valence-electron chi connectivity index (χ2n) is 8.23. The number of benzene rings is 3. The van der Waals surface area contributed by atoms with E-state index in [4.69, 9.17) is 27.9 Å². The molecule has 0 fully saturated rings. The predicted molar refractivity (Wildman–Crippen MR) is 147 cm³/mol. The molecule has 0 radical (unpaired) electrons. The molecule has 0 bridgehead atoms. The first-order chi connectivity index (χ1) is 17.6.